The van der Waals surface area contributed by atoms with E-state index >= 15 is 0 Å². The van der Waals surface area contributed by atoms with Gasteiger partial charge in [-0.3, -0.25) is 14.3 Å². The van der Waals surface area contributed by atoms with Crippen LogP contribution in [-0.4, -0.2) is 15.5 Å². The highest BCUT2D eigenvalue weighted by Crippen LogP contribution is 1.99. The Kier molecular flexibility index (Phi) is 2.74. The Balaban J connectivity index is 2.10. The molecular formula is C12H10N2O. The molecule has 0 saturated carbocycles. The van der Waals surface area contributed by atoms with E-state index in [4.69, 9.17) is 0 Å². The monoisotopic (exact) mass is 198 g/mol. The van der Waals surface area contributed by atoms with Crippen LogP contribution in [0.25, 0.3) is 6.08 Å². The Morgan fingerprint density at radius 3 is 2.73 bits per heavy atom. The average molecular weight is 198 g/mol. The van der Waals surface area contributed by atoms with Gasteiger partial charge in [-0.25, -0.2) is 0 Å². The van der Waals surface area contributed by atoms with Gasteiger partial charge in [-0.1, -0.05) is 6.07 Å². The van der Waals surface area contributed by atoms with Crippen molar-refractivity contribution in [3.63, 3.8) is 0 Å². The van der Waals surface area contributed by atoms with Crippen LogP contribution in [-0.2, 0) is 0 Å². The van der Waals surface area contributed by atoms with Gasteiger partial charge in [-0.15, -0.1) is 0 Å². The number of aromatic nitrogens is 2. The molecule has 0 aromatic carbocycles. The highest BCUT2D eigenvalue weighted by atomic mass is 16.1. The maximum Gasteiger partial charge on any atom is 0.254 e. The standard InChI is InChI=1S/C12H10N2O/c15-12(14-8-1-2-9-14)6-5-11-4-3-7-13-10-11/h1-10H/b6-5+. The summed E-state index contributed by atoms with van der Waals surface area (Å²) in [5, 5.41) is 0. The fraction of sp³-hybridized carbons (Fsp3) is 0. The maximum absolute atomic E-state index is 11.5. The Morgan fingerprint density at radius 2 is 2.07 bits per heavy atom. The minimum Gasteiger partial charge on any atom is -0.291 e. The molecule has 0 atom stereocenters. The van der Waals surface area contributed by atoms with Crippen molar-refractivity contribution in [1.29, 1.82) is 0 Å². The number of rotatable bonds is 2. The van der Waals surface area contributed by atoms with E-state index in [1.54, 1.807) is 30.9 Å². The van der Waals surface area contributed by atoms with Crippen LogP contribution in [0.2, 0.25) is 0 Å². The van der Waals surface area contributed by atoms with Gasteiger partial charge in [0.15, 0.2) is 0 Å². The van der Waals surface area contributed by atoms with E-state index in [2.05, 4.69) is 4.98 Å². The van der Waals surface area contributed by atoms with Crippen LogP contribution in [0.3, 0.4) is 0 Å². The molecule has 3 heteroatoms. The molecule has 15 heavy (non-hydrogen) atoms. The molecular weight excluding hydrogens is 188 g/mol. The van der Waals surface area contributed by atoms with Crippen molar-refractivity contribution >= 4 is 12.0 Å². The normalized spacial score (nSPS) is 10.7. The molecule has 0 amide bonds. The quantitative estimate of drug-likeness (QED) is 0.693. The van der Waals surface area contributed by atoms with Crippen LogP contribution in [0.15, 0.2) is 55.1 Å². The Hall–Kier alpha value is -2.16. The van der Waals surface area contributed by atoms with E-state index in [1.807, 2.05) is 24.3 Å². The van der Waals surface area contributed by atoms with E-state index in [0.717, 1.165) is 5.56 Å². The maximum atomic E-state index is 11.5. The number of hydrogen-bond donors (Lipinski definition) is 0. The summed E-state index contributed by atoms with van der Waals surface area (Å²) >= 11 is 0. The zero-order valence-corrected chi connectivity index (χ0v) is 8.08. The van der Waals surface area contributed by atoms with Gasteiger partial charge < -0.3 is 0 Å². The molecule has 2 aromatic rings. The molecule has 0 fully saturated rings. The van der Waals surface area contributed by atoms with Gasteiger partial charge in [-0.2, -0.15) is 0 Å². The predicted molar refractivity (Wildman–Crippen MR) is 58.3 cm³/mol. The highest BCUT2D eigenvalue weighted by Gasteiger charge is 1.96. The van der Waals surface area contributed by atoms with Gasteiger partial charge in [0.2, 0.25) is 0 Å². The molecule has 0 radical (unpaired) electrons. The Bertz CT molecular complexity index is 458. The van der Waals surface area contributed by atoms with Gasteiger partial charge in [0.1, 0.15) is 0 Å². The van der Waals surface area contributed by atoms with Gasteiger partial charge >= 0.3 is 0 Å². The lowest BCUT2D eigenvalue weighted by molar-refractivity contribution is 0.0970. The van der Waals surface area contributed by atoms with Crippen LogP contribution in [0, 0.1) is 0 Å². The van der Waals surface area contributed by atoms with Gasteiger partial charge in [0, 0.05) is 30.9 Å². The average Bonchev–Trinajstić information content (AvgIpc) is 2.81. The molecule has 2 rings (SSSR count). The zero-order valence-electron chi connectivity index (χ0n) is 8.08. The largest absolute Gasteiger partial charge is 0.291 e. The minimum atomic E-state index is -0.0659. The van der Waals surface area contributed by atoms with Crippen LogP contribution >= 0.6 is 0 Å². The zero-order chi connectivity index (χ0) is 10.5. The van der Waals surface area contributed by atoms with Crippen LogP contribution in [0.5, 0.6) is 0 Å². The molecule has 74 valence electrons. The van der Waals surface area contributed by atoms with Gasteiger partial charge in [0.25, 0.3) is 5.91 Å². The summed E-state index contributed by atoms with van der Waals surface area (Å²) in [6.45, 7) is 0. The van der Waals surface area contributed by atoms with Crippen LogP contribution < -0.4 is 0 Å². The second kappa shape index (κ2) is 4.37. The first-order valence-corrected chi connectivity index (χ1v) is 4.62. The summed E-state index contributed by atoms with van der Waals surface area (Å²) in [5.41, 5.74) is 0.915. The molecule has 0 spiro atoms. The van der Waals surface area contributed by atoms with Crippen molar-refractivity contribution in [1.82, 2.24) is 9.55 Å². The first-order chi connectivity index (χ1) is 7.36. The SMILES string of the molecule is O=C(/C=C/c1cccnc1)n1cccc1. The fourth-order valence-electron chi connectivity index (χ4n) is 1.21. The Morgan fingerprint density at radius 1 is 1.27 bits per heavy atom. The molecule has 0 unspecified atom stereocenters. The molecule has 2 aromatic heterocycles. The number of allylic oxidation sites excluding steroid dienone is 1. The second-order valence-corrected chi connectivity index (χ2v) is 3.05. The number of pyridine rings is 1. The van der Waals surface area contributed by atoms with Gasteiger partial charge in [0.05, 0.1) is 0 Å². The summed E-state index contributed by atoms with van der Waals surface area (Å²) in [6.07, 6.45) is 10.1. The molecule has 0 aliphatic heterocycles. The summed E-state index contributed by atoms with van der Waals surface area (Å²) in [4.78, 5) is 15.5. The van der Waals surface area contributed by atoms with E-state index in [1.165, 1.54) is 10.6 Å². The molecule has 0 saturated heterocycles. The van der Waals surface area contributed by atoms with Crippen molar-refractivity contribution in [3.05, 3.63) is 60.7 Å². The number of carbonyl (C=O) groups excluding carboxylic acids is 1. The summed E-state index contributed by atoms with van der Waals surface area (Å²) in [6, 6.07) is 7.36. The minimum absolute atomic E-state index is 0.0659. The van der Waals surface area contributed by atoms with Crippen molar-refractivity contribution in [2.75, 3.05) is 0 Å². The lowest BCUT2D eigenvalue weighted by atomic mass is 10.2. The van der Waals surface area contributed by atoms with E-state index in [-0.39, 0.29) is 5.91 Å². The number of nitrogens with zero attached hydrogens (tertiary/aromatic N) is 2. The summed E-state index contributed by atoms with van der Waals surface area (Å²) in [7, 11) is 0. The van der Waals surface area contributed by atoms with Crippen molar-refractivity contribution in [2.45, 2.75) is 0 Å². The third kappa shape index (κ3) is 2.40. The van der Waals surface area contributed by atoms with Crippen molar-refractivity contribution < 1.29 is 4.79 Å². The van der Waals surface area contributed by atoms with Gasteiger partial charge in [-0.05, 0) is 29.8 Å². The third-order valence-electron chi connectivity index (χ3n) is 1.96. The molecule has 0 aliphatic carbocycles. The van der Waals surface area contributed by atoms with Crippen LogP contribution in [0.4, 0.5) is 0 Å². The first kappa shape index (κ1) is 9.40. The highest BCUT2D eigenvalue weighted by molar-refractivity contribution is 5.93. The predicted octanol–water partition coefficient (Wildman–Crippen LogP) is 2.24. The Labute approximate surface area is 87.7 Å². The van der Waals surface area contributed by atoms with E-state index < -0.39 is 0 Å². The molecule has 0 N–H and O–H groups in total. The number of hydrogen-bond acceptors (Lipinski definition) is 2. The summed E-state index contributed by atoms with van der Waals surface area (Å²) in [5.74, 6) is -0.0659. The lowest BCUT2D eigenvalue weighted by Crippen LogP contribution is -2.03. The summed E-state index contributed by atoms with van der Waals surface area (Å²) < 4.78 is 1.52. The molecule has 3 nitrogen and oxygen atoms in total. The van der Waals surface area contributed by atoms with Crippen LogP contribution in [0.1, 0.15) is 10.4 Å². The molecule has 0 bridgehead atoms. The van der Waals surface area contributed by atoms with E-state index in [9.17, 15) is 4.79 Å². The third-order valence-corrected chi connectivity index (χ3v) is 1.96. The van der Waals surface area contributed by atoms with Crippen molar-refractivity contribution in [2.24, 2.45) is 0 Å². The number of carbonyl (C=O) groups is 1. The molecule has 2 heterocycles. The van der Waals surface area contributed by atoms with E-state index in [0.29, 0.717) is 0 Å². The second-order valence-electron chi connectivity index (χ2n) is 3.05. The fourth-order valence-corrected chi connectivity index (χ4v) is 1.21. The topological polar surface area (TPSA) is 34.9 Å². The van der Waals surface area contributed by atoms with Crippen molar-refractivity contribution in [3.8, 4) is 0 Å². The lowest BCUT2D eigenvalue weighted by Gasteiger charge is -1.94. The smallest absolute Gasteiger partial charge is 0.254 e. The molecule has 0 aliphatic rings. The first-order valence-electron chi connectivity index (χ1n) is 4.62.